The highest BCUT2D eigenvalue weighted by molar-refractivity contribution is 6.01. The van der Waals surface area contributed by atoms with Crippen molar-refractivity contribution < 1.29 is 14.3 Å². The number of hydrogen-bond donors (Lipinski definition) is 3. The zero-order valence-corrected chi connectivity index (χ0v) is 22.3. The number of fused-ring (bicyclic) bond motifs is 2. The van der Waals surface area contributed by atoms with Crippen LogP contribution in [0.1, 0.15) is 22.4 Å². The molecule has 0 aliphatic carbocycles. The highest BCUT2D eigenvalue weighted by atomic mass is 16.5. The molecule has 5 aromatic rings. The first-order valence-corrected chi connectivity index (χ1v) is 13.1. The summed E-state index contributed by atoms with van der Waals surface area (Å²) in [5, 5.41) is 9.01. The van der Waals surface area contributed by atoms with Crippen LogP contribution in [0.25, 0.3) is 21.8 Å². The van der Waals surface area contributed by atoms with Gasteiger partial charge in [0.25, 0.3) is 5.91 Å². The molecule has 2 heterocycles. The molecule has 2 amide bonds. The first-order valence-electron chi connectivity index (χ1n) is 13.1. The third-order valence-corrected chi connectivity index (χ3v) is 6.88. The molecule has 3 N–H and O–H groups in total. The molecular weight excluding hydrogens is 502 g/mol. The normalized spacial score (nSPS) is 12.0. The van der Waals surface area contributed by atoms with Crippen molar-refractivity contribution in [1.29, 1.82) is 0 Å². The predicted octanol–water partition coefficient (Wildman–Crippen LogP) is 5.60. The van der Waals surface area contributed by atoms with Crippen molar-refractivity contribution in [3.05, 3.63) is 120 Å². The summed E-state index contributed by atoms with van der Waals surface area (Å²) in [7, 11) is 0. The van der Waals surface area contributed by atoms with Crippen molar-refractivity contribution >= 4 is 40.0 Å². The standard InChI is InChI=1S/C32H31N5O3/c1-3-17-37-22(2)27(26-14-8-10-16-30(26)37)20-34-36-31(38)29(18-24-19-33-28-15-9-7-13-25(24)28)35-32(39)40-21-23-11-5-4-6-12-23/h3-16,19-20,29,33H,1,17-18,21H2,2H3,(H,35,39)(H,36,38)/b34-20-/t29-/m0/s1. The molecule has 8 nitrogen and oxygen atoms in total. The van der Waals surface area contributed by atoms with E-state index in [1.165, 1.54) is 0 Å². The van der Waals surface area contributed by atoms with Gasteiger partial charge in [-0.05, 0) is 30.2 Å². The van der Waals surface area contributed by atoms with Crippen LogP contribution >= 0.6 is 0 Å². The van der Waals surface area contributed by atoms with E-state index < -0.39 is 18.0 Å². The van der Waals surface area contributed by atoms with Crippen molar-refractivity contribution in [2.45, 2.75) is 32.5 Å². The fraction of sp³-hybridized carbons (Fsp3) is 0.156. The summed E-state index contributed by atoms with van der Waals surface area (Å²) in [5.74, 6) is -0.453. The maximum atomic E-state index is 13.3. The SMILES string of the molecule is C=CCn1c(C)c(/C=N\NC(=O)[C@H](Cc2c[nH]c3ccccc23)NC(=O)OCc2ccccc2)c2ccccc21. The zero-order valence-electron chi connectivity index (χ0n) is 22.3. The highest BCUT2D eigenvalue weighted by Crippen LogP contribution is 2.24. The maximum Gasteiger partial charge on any atom is 0.408 e. The molecule has 202 valence electrons. The average Bonchev–Trinajstić information content (AvgIpc) is 3.51. The van der Waals surface area contributed by atoms with Crippen LogP contribution in [0.15, 0.2) is 103 Å². The monoisotopic (exact) mass is 533 g/mol. The molecule has 0 saturated heterocycles. The Morgan fingerprint density at radius 3 is 2.55 bits per heavy atom. The number of carbonyl (C=O) groups excluding carboxylic acids is 2. The van der Waals surface area contributed by atoms with Gasteiger partial charge in [0.05, 0.1) is 6.21 Å². The summed E-state index contributed by atoms with van der Waals surface area (Å²) in [6, 6.07) is 24.3. The van der Waals surface area contributed by atoms with E-state index in [1.807, 2.05) is 98.1 Å². The van der Waals surface area contributed by atoms with Gasteiger partial charge >= 0.3 is 6.09 Å². The Bertz CT molecular complexity index is 1680. The minimum absolute atomic E-state index is 0.0975. The molecule has 1 atom stereocenters. The van der Waals surface area contributed by atoms with Gasteiger partial charge in [0.15, 0.2) is 0 Å². The lowest BCUT2D eigenvalue weighted by Crippen LogP contribution is -2.47. The van der Waals surface area contributed by atoms with Crippen LogP contribution in [0.5, 0.6) is 0 Å². The zero-order chi connectivity index (χ0) is 27.9. The summed E-state index contributed by atoms with van der Waals surface area (Å²) in [4.78, 5) is 29.3. The van der Waals surface area contributed by atoms with E-state index in [4.69, 9.17) is 4.74 Å². The van der Waals surface area contributed by atoms with Gasteiger partial charge in [-0.1, -0.05) is 72.8 Å². The van der Waals surface area contributed by atoms with Gasteiger partial charge < -0.3 is 19.6 Å². The molecule has 0 saturated carbocycles. The van der Waals surface area contributed by atoms with Gasteiger partial charge in [-0.25, -0.2) is 10.2 Å². The van der Waals surface area contributed by atoms with Crippen LogP contribution in [0, 0.1) is 6.92 Å². The van der Waals surface area contributed by atoms with Crippen molar-refractivity contribution in [3.8, 4) is 0 Å². The van der Waals surface area contributed by atoms with Crippen LogP contribution in [0.2, 0.25) is 0 Å². The number of ether oxygens (including phenoxy) is 1. The van der Waals surface area contributed by atoms with Crippen molar-refractivity contribution in [2.75, 3.05) is 0 Å². The van der Waals surface area contributed by atoms with E-state index in [0.717, 1.165) is 44.2 Å². The molecule has 0 radical (unpaired) electrons. The lowest BCUT2D eigenvalue weighted by Gasteiger charge is -2.17. The van der Waals surface area contributed by atoms with Gasteiger partial charge in [-0.2, -0.15) is 5.10 Å². The van der Waals surface area contributed by atoms with Crippen LogP contribution in [0.4, 0.5) is 4.79 Å². The van der Waals surface area contributed by atoms with Crippen LogP contribution < -0.4 is 10.7 Å². The Morgan fingerprint density at radius 2 is 1.75 bits per heavy atom. The number of hydrazone groups is 1. The van der Waals surface area contributed by atoms with Gasteiger partial charge in [0.1, 0.15) is 12.6 Å². The van der Waals surface area contributed by atoms with E-state index in [-0.39, 0.29) is 13.0 Å². The van der Waals surface area contributed by atoms with Crippen LogP contribution in [0.3, 0.4) is 0 Å². The predicted molar refractivity (Wildman–Crippen MR) is 158 cm³/mol. The summed E-state index contributed by atoms with van der Waals surface area (Å²) < 4.78 is 7.54. The van der Waals surface area contributed by atoms with Crippen molar-refractivity contribution in [3.63, 3.8) is 0 Å². The number of para-hydroxylation sites is 2. The molecule has 0 fully saturated rings. The largest absolute Gasteiger partial charge is 0.445 e. The van der Waals surface area contributed by atoms with Gasteiger partial charge in [-0.3, -0.25) is 4.79 Å². The number of nitrogens with one attached hydrogen (secondary N) is 3. The van der Waals surface area contributed by atoms with Gasteiger partial charge in [0, 0.05) is 52.2 Å². The maximum absolute atomic E-state index is 13.3. The number of hydrogen-bond acceptors (Lipinski definition) is 4. The Morgan fingerprint density at radius 1 is 1.02 bits per heavy atom. The first kappa shape index (κ1) is 26.5. The first-order chi connectivity index (χ1) is 19.5. The minimum Gasteiger partial charge on any atom is -0.445 e. The number of benzene rings is 3. The van der Waals surface area contributed by atoms with E-state index in [9.17, 15) is 9.59 Å². The molecule has 2 aromatic heterocycles. The molecule has 40 heavy (non-hydrogen) atoms. The Labute approximate surface area is 232 Å². The van der Waals surface area contributed by atoms with Crippen LogP contribution in [-0.4, -0.2) is 33.8 Å². The number of aromatic amines is 1. The van der Waals surface area contributed by atoms with Gasteiger partial charge in [0.2, 0.25) is 0 Å². The molecule has 0 spiro atoms. The molecule has 5 rings (SSSR count). The second-order valence-corrected chi connectivity index (χ2v) is 9.47. The molecule has 3 aromatic carbocycles. The van der Waals surface area contributed by atoms with E-state index in [2.05, 4.69) is 32.0 Å². The third-order valence-electron chi connectivity index (χ3n) is 6.88. The fourth-order valence-corrected chi connectivity index (χ4v) is 4.86. The lowest BCUT2D eigenvalue weighted by atomic mass is 10.0. The van der Waals surface area contributed by atoms with Crippen LogP contribution in [-0.2, 0) is 29.1 Å². The van der Waals surface area contributed by atoms with Gasteiger partial charge in [-0.15, -0.1) is 6.58 Å². The summed E-state index contributed by atoms with van der Waals surface area (Å²) in [6.45, 7) is 6.63. The Hall–Kier alpha value is -5.11. The number of carbonyl (C=O) groups is 2. The number of amides is 2. The second kappa shape index (κ2) is 12.2. The van der Waals surface area contributed by atoms with E-state index >= 15 is 0 Å². The molecule has 0 bridgehead atoms. The average molecular weight is 534 g/mol. The third kappa shape index (κ3) is 5.81. The molecular formula is C32H31N5O3. The number of H-pyrrole nitrogens is 1. The summed E-state index contributed by atoms with van der Waals surface area (Å²) in [5.41, 5.74) is 8.30. The molecule has 0 aliphatic rings. The fourth-order valence-electron chi connectivity index (χ4n) is 4.86. The number of nitrogens with zero attached hydrogens (tertiary/aromatic N) is 2. The molecule has 0 aliphatic heterocycles. The topological polar surface area (TPSA) is 101 Å². The Balaban J connectivity index is 1.34. The van der Waals surface area contributed by atoms with Crippen molar-refractivity contribution in [2.24, 2.45) is 5.10 Å². The summed E-state index contributed by atoms with van der Waals surface area (Å²) in [6.07, 6.45) is 4.91. The second-order valence-electron chi connectivity index (χ2n) is 9.47. The number of rotatable bonds is 10. The van der Waals surface area contributed by atoms with Crippen molar-refractivity contribution in [1.82, 2.24) is 20.3 Å². The number of alkyl carbamates (subject to hydrolysis) is 1. The highest BCUT2D eigenvalue weighted by Gasteiger charge is 2.23. The number of allylic oxidation sites excluding steroid dienone is 1. The Kier molecular flexibility index (Phi) is 8.06. The molecule has 0 unspecified atom stereocenters. The smallest absolute Gasteiger partial charge is 0.408 e. The number of aromatic nitrogens is 2. The minimum atomic E-state index is -0.914. The van der Waals surface area contributed by atoms with E-state index in [1.54, 1.807) is 6.21 Å². The summed E-state index contributed by atoms with van der Waals surface area (Å²) >= 11 is 0. The molecule has 8 heteroatoms. The van der Waals surface area contributed by atoms with E-state index in [0.29, 0.717) is 6.54 Å². The quantitative estimate of drug-likeness (QED) is 0.124. The lowest BCUT2D eigenvalue weighted by molar-refractivity contribution is -0.123.